The number of rotatable bonds is 6. The highest BCUT2D eigenvalue weighted by Gasteiger charge is 2.63. The van der Waals surface area contributed by atoms with Gasteiger partial charge in [0, 0.05) is 55.9 Å². The molecule has 9 aromatic carbocycles. The zero-order valence-corrected chi connectivity index (χ0v) is 37.2. The lowest BCUT2D eigenvalue weighted by Crippen LogP contribution is -2.49. The number of hydrogen-bond donors (Lipinski definition) is 0. The molecule has 0 fully saturated rings. The van der Waals surface area contributed by atoms with Gasteiger partial charge in [0.25, 0.3) is 0 Å². The van der Waals surface area contributed by atoms with Gasteiger partial charge in [-0.05, 0) is 99.6 Å². The predicted octanol–water partition coefficient (Wildman–Crippen LogP) is 14.8. The van der Waals surface area contributed by atoms with E-state index in [1.54, 1.807) is 0 Å². The van der Waals surface area contributed by atoms with Gasteiger partial charge >= 0.3 is 0 Å². The fraction of sp³-hybridized carbons (Fsp3) is 0.0635. The summed E-state index contributed by atoms with van der Waals surface area (Å²) in [7, 11) is 0. The van der Waals surface area contributed by atoms with Gasteiger partial charge in [0.2, 0.25) is 0 Å². The van der Waals surface area contributed by atoms with Crippen molar-refractivity contribution < 1.29 is 0 Å². The van der Waals surface area contributed by atoms with Gasteiger partial charge in [0.15, 0.2) is 17.5 Å². The van der Waals surface area contributed by atoms with Crippen LogP contribution in [-0.4, -0.2) is 19.5 Å². The van der Waals surface area contributed by atoms with E-state index in [1.807, 2.05) is 36.4 Å². The Morgan fingerprint density at radius 1 is 0.441 bits per heavy atom. The minimum atomic E-state index is -0.666. The molecule has 4 aliphatic rings. The first-order valence-electron chi connectivity index (χ1n) is 23.6. The molecule has 3 aliphatic carbocycles. The second-order valence-corrected chi connectivity index (χ2v) is 18.7. The molecule has 0 amide bonds. The highest BCUT2D eigenvalue weighted by Crippen LogP contribution is 2.70. The zero-order valence-electron chi connectivity index (χ0n) is 37.2. The summed E-state index contributed by atoms with van der Waals surface area (Å²) < 4.78 is 2.49. The van der Waals surface area contributed by atoms with Crippen LogP contribution in [0.15, 0.2) is 230 Å². The Hall–Kier alpha value is -8.67. The van der Waals surface area contributed by atoms with Crippen LogP contribution >= 0.6 is 0 Å². The zero-order chi connectivity index (χ0) is 44.7. The summed E-state index contributed by atoms with van der Waals surface area (Å²) in [5.41, 5.74) is 16.9. The Bertz CT molecular complexity index is 3930. The smallest absolute Gasteiger partial charge is 0.164 e. The van der Waals surface area contributed by atoms with Gasteiger partial charge in [-0.3, -0.25) is 0 Å². The van der Waals surface area contributed by atoms with Crippen LogP contribution in [-0.2, 0) is 10.8 Å². The van der Waals surface area contributed by atoms with Crippen molar-refractivity contribution in [1.29, 1.82) is 0 Å². The number of allylic oxidation sites excluding steroid dienone is 3. The summed E-state index contributed by atoms with van der Waals surface area (Å²) in [6.45, 7) is 2.55. The van der Waals surface area contributed by atoms with Crippen LogP contribution in [0.4, 0.5) is 11.4 Å². The molecule has 15 rings (SSSR count). The van der Waals surface area contributed by atoms with Gasteiger partial charge in [-0.15, -0.1) is 0 Å². The number of nitrogens with zero attached hydrogens (tertiary/aromatic N) is 5. The van der Waals surface area contributed by atoms with Gasteiger partial charge in [-0.2, -0.15) is 0 Å². The number of hydrogen-bond acceptors (Lipinski definition) is 4. The fourth-order valence-corrected chi connectivity index (χ4v) is 13.1. The Morgan fingerprint density at radius 3 is 1.65 bits per heavy atom. The van der Waals surface area contributed by atoms with Crippen LogP contribution in [0.25, 0.3) is 72.4 Å². The average Bonchev–Trinajstić information content (AvgIpc) is 4.16. The first kappa shape index (κ1) is 37.5. The topological polar surface area (TPSA) is 46.8 Å². The van der Waals surface area contributed by atoms with Crippen LogP contribution in [0, 0.1) is 0 Å². The van der Waals surface area contributed by atoms with E-state index in [4.69, 9.17) is 15.0 Å². The fourth-order valence-electron chi connectivity index (χ4n) is 13.1. The third kappa shape index (κ3) is 4.67. The van der Waals surface area contributed by atoms with Crippen molar-refractivity contribution >= 4 is 44.0 Å². The van der Waals surface area contributed by atoms with Gasteiger partial charge in [0.1, 0.15) is 0 Å². The third-order valence-electron chi connectivity index (χ3n) is 15.6. The van der Waals surface area contributed by atoms with Crippen molar-refractivity contribution in [3.63, 3.8) is 0 Å². The molecule has 11 aromatic rings. The second-order valence-electron chi connectivity index (χ2n) is 18.7. The SMILES string of the molecule is CC12c3cccc4c(-c5nc(-c6ccccc6)nc(-c6ccccc6)n5)ccc(c34)C1(c1cccc3c1C1C=CC=C1N3c1ccccc1)c1cccc3c1c1c2cccc1n3-c1ccccc1. The van der Waals surface area contributed by atoms with Crippen molar-refractivity contribution in [3.8, 4) is 39.9 Å². The van der Waals surface area contributed by atoms with Crippen molar-refractivity contribution in [1.82, 2.24) is 19.5 Å². The summed E-state index contributed by atoms with van der Waals surface area (Å²) in [5, 5.41) is 5.04. The molecule has 2 aromatic heterocycles. The van der Waals surface area contributed by atoms with Crippen LogP contribution in [0.1, 0.15) is 46.2 Å². The van der Waals surface area contributed by atoms with Crippen LogP contribution in [0.3, 0.4) is 0 Å². The lowest BCUT2D eigenvalue weighted by molar-refractivity contribution is 0.410. The monoisotopic (exact) mass is 867 g/mol. The third-order valence-corrected chi connectivity index (χ3v) is 15.6. The van der Waals surface area contributed by atoms with E-state index in [1.165, 1.54) is 77.6 Å². The number of benzene rings is 9. The molecule has 0 saturated carbocycles. The second kappa shape index (κ2) is 13.7. The quantitative estimate of drug-likeness (QED) is 0.167. The van der Waals surface area contributed by atoms with Gasteiger partial charge in [-0.1, -0.05) is 176 Å². The molecular weight excluding hydrogens is 827 g/mol. The molecular formula is C63H41N5. The standard InChI is InChI=1S/C63H41N5/c1-62-46-29-14-27-43-44(61-65-59(39-19-6-2-7-20-39)64-60(66-61)40-21-8-3-9-22-40)37-38-50(55(43)46)63(62,48-31-17-34-52-56(48)45-28-15-33-51(45)67(52)41-23-10-4-11-24-41)49-32-18-36-54-58(49)57-47(62)30-16-35-53(57)68(54)42-25-12-5-13-26-42/h2-38,45H,1H3. The molecule has 0 radical (unpaired) electrons. The summed E-state index contributed by atoms with van der Waals surface area (Å²) in [6.07, 6.45) is 6.98. The van der Waals surface area contributed by atoms with Gasteiger partial charge in [-0.25, -0.2) is 15.0 Å². The highest BCUT2D eigenvalue weighted by atomic mass is 15.2. The van der Waals surface area contributed by atoms with E-state index < -0.39 is 10.8 Å². The minimum Gasteiger partial charge on any atom is -0.313 e. The minimum absolute atomic E-state index is 0.0850. The van der Waals surface area contributed by atoms with Gasteiger partial charge < -0.3 is 9.47 Å². The molecule has 1 aliphatic heterocycles. The Balaban J connectivity index is 1.08. The molecule has 5 heteroatoms. The summed E-state index contributed by atoms with van der Waals surface area (Å²) in [6, 6.07) is 75.3. The highest BCUT2D eigenvalue weighted by molar-refractivity contribution is 6.18. The molecule has 5 nitrogen and oxygen atoms in total. The summed E-state index contributed by atoms with van der Waals surface area (Å²) in [5.74, 6) is 2.05. The molecule has 0 bridgehead atoms. The average molecular weight is 868 g/mol. The maximum Gasteiger partial charge on any atom is 0.164 e. The Labute approximate surface area is 393 Å². The Kier molecular flexibility index (Phi) is 7.56. The van der Waals surface area contributed by atoms with E-state index in [9.17, 15) is 0 Å². The van der Waals surface area contributed by atoms with Gasteiger partial charge in [0.05, 0.1) is 22.1 Å². The molecule has 3 atom stereocenters. The van der Waals surface area contributed by atoms with Crippen LogP contribution in [0.5, 0.6) is 0 Å². The van der Waals surface area contributed by atoms with Crippen molar-refractivity contribution in [3.05, 3.63) is 264 Å². The first-order valence-corrected chi connectivity index (χ1v) is 23.6. The lowest BCUT2D eigenvalue weighted by atomic mass is 9.50. The number of fused-ring (bicyclic) bond motifs is 8. The van der Waals surface area contributed by atoms with Crippen LogP contribution < -0.4 is 4.90 Å². The maximum atomic E-state index is 5.31. The first-order chi connectivity index (χ1) is 33.6. The van der Waals surface area contributed by atoms with E-state index >= 15 is 0 Å². The van der Waals surface area contributed by atoms with Crippen molar-refractivity contribution in [2.24, 2.45) is 0 Å². The molecule has 3 unspecified atom stereocenters. The number of para-hydroxylation sites is 2. The van der Waals surface area contributed by atoms with E-state index in [0.717, 1.165) is 27.8 Å². The van der Waals surface area contributed by atoms with Crippen molar-refractivity contribution in [2.75, 3.05) is 4.90 Å². The van der Waals surface area contributed by atoms with Crippen LogP contribution in [0.2, 0.25) is 0 Å². The lowest BCUT2D eigenvalue weighted by Gasteiger charge is -2.50. The largest absolute Gasteiger partial charge is 0.313 e. The molecule has 0 saturated heterocycles. The summed E-state index contributed by atoms with van der Waals surface area (Å²) >= 11 is 0. The maximum absolute atomic E-state index is 5.31. The predicted molar refractivity (Wildman–Crippen MR) is 276 cm³/mol. The molecule has 0 N–H and O–H groups in total. The molecule has 68 heavy (non-hydrogen) atoms. The van der Waals surface area contributed by atoms with E-state index in [-0.39, 0.29) is 5.92 Å². The van der Waals surface area contributed by atoms with Crippen molar-refractivity contribution in [2.45, 2.75) is 23.7 Å². The normalized spacial score (nSPS) is 19.2. The summed E-state index contributed by atoms with van der Waals surface area (Å²) in [4.78, 5) is 18.2. The van der Waals surface area contributed by atoms with E-state index in [2.05, 4.69) is 204 Å². The number of aromatic nitrogens is 4. The molecule has 318 valence electrons. The molecule has 3 heterocycles. The molecule has 0 spiro atoms. The Morgan fingerprint density at radius 2 is 0.971 bits per heavy atom. The number of anilines is 2. The van der Waals surface area contributed by atoms with E-state index in [0.29, 0.717) is 17.5 Å².